The Labute approximate surface area is 162 Å². The minimum Gasteiger partial charge on any atom is -0.378 e. The largest absolute Gasteiger partial charge is 0.378 e. The lowest BCUT2D eigenvalue weighted by Crippen LogP contribution is -2.37. The average molecular weight is 382 g/mol. The number of nitrogens with zero attached hydrogens (tertiary/aromatic N) is 4. The van der Waals surface area contributed by atoms with Crippen LogP contribution in [0.4, 0.5) is 11.6 Å². The van der Waals surface area contributed by atoms with Crippen molar-refractivity contribution in [3.63, 3.8) is 0 Å². The molecule has 5 rings (SSSR count). The van der Waals surface area contributed by atoms with Crippen molar-refractivity contribution in [3.8, 4) is 0 Å². The van der Waals surface area contributed by atoms with Crippen molar-refractivity contribution in [2.75, 3.05) is 43.1 Å². The Morgan fingerprint density at radius 3 is 2.81 bits per heavy atom. The van der Waals surface area contributed by atoms with Crippen LogP contribution >= 0.6 is 11.3 Å². The summed E-state index contributed by atoms with van der Waals surface area (Å²) in [7, 11) is 0. The second-order valence-electron chi connectivity index (χ2n) is 7.05. The second kappa shape index (κ2) is 7.05. The van der Waals surface area contributed by atoms with Gasteiger partial charge in [-0.1, -0.05) is 6.08 Å². The number of anilines is 2. The summed E-state index contributed by atoms with van der Waals surface area (Å²) < 4.78 is 6.64. The highest BCUT2D eigenvalue weighted by Crippen LogP contribution is 2.42. The smallest absolute Gasteiger partial charge is 0.147 e. The normalized spacial score (nSPS) is 17.3. The number of thiophene rings is 1. The number of ether oxygens (including phenoxy) is 1. The third kappa shape index (κ3) is 2.85. The minimum atomic E-state index is 0.685. The monoisotopic (exact) mass is 381 g/mol. The molecule has 2 aliphatic rings. The molecule has 0 unspecified atom stereocenters. The van der Waals surface area contributed by atoms with Crippen LogP contribution < -0.4 is 10.2 Å². The van der Waals surface area contributed by atoms with E-state index in [9.17, 15) is 0 Å². The first-order chi connectivity index (χ1) is 13.4. The van der Waals surface area contributed by atoms with Gasteiger partial charge in [0, 0.05) is 25.0 Å². The van der Waals surface area contributed by atoms with E-state index in [1.165, 1.54) is 35.2 Å². The Bertz CT molecular complexity index is 1010. The first-order valence-electron chi connectivity index (χ1n) is 9.63. The Morgan fingerprint density at radius 2 is 2.00 bits per heavy atom. The third-order valence-corrected chi connectivity index (χ3v) is 6.50. The molecule has 6 nitrogen and oxygen atoms in total. The van der Waals surface area contributed by atoms with Crippen LogP contribution in [0.5, 0.6) is 0 Å². The Balaban J connectivity index is 1.74. The number of hydrogen-bond acceptors (Lipinski definition) is 7. The van der Waals surface area contributed by atoms with Gasteiger partial charge < -0.3 is 15.0 Å². The molecule has 1 saturated heterocycles. The maximum atomic E-state index is 5.55. The lowest BCUT2D eigenvalue weighted by Gasteiger charge is -2.31. The molecule has 140 valence electrons. The number of fused-ring (bicyclic) bond motifs is 5. The fourth-order valence-electron chi connectivity index (χ4n) is 4.17. The van der Waals surface area contributed by atoms with Gasteiger partial charge in [-0.15, -0.1) is 17.9 Å². The molecule has 3 aromatic rings. The molecule has 0 spiro atoms. The van der Waals surface area contributed by atoms with Crippen molar-refractivity contribution in [3.05, 3.63) is 30.1 Å². The minimum absolute atomic E-state index is 0.685. The summed E-state index contributed by atoms with van der Waals surface area (Å²) in [6.07, 6.45) is 8.19. The summed E-state index contributed by atoms with van der Waals surface area (Å²) >= 11 is 1.70. The molecule has 3 aromatic heterocycles. The van der Waals surface area contributed by atoms with Crippen molar-refractivity contribution < 1.29 is 4.74 Å². The zero-order chi connectivity index (χ0) is 18.2. The molecule has 0 amide bonds. The summed E-state index contributed by atoms with van der Waals surface area (Å²) in [6.45, 7) is 7.87. The Kier molecular flexibility index (Phi) is 4.41. The SMILES string of the molecule is C=CCNc1ncnc2c1sc1nc(N3CCOCC3)c3c(c12)CCCC3. The van der Waals surface area contributed by atoms with E-state index in [1.807, 2.05) is 6.08 Å². The van der Waals surface area contributed by atoms with Gasteiger partial charge in [0.2, 0.25) is 0 Å². The van der Waals surface area contributed by atoms with Crippen LogP contribution in [0, 0.1) is 0 Å². The first kappa shape index (κ1) is 16.9. The van der Waals surface area contributed by atoms with Gasteiger partial charge in [0.25, 0.3) is 0 Å². The van der Waals surface area contributed by atoms with Crippen molar-refractivity contribution in [2.24, 2.45) is 0 Å². The maximum Gasteiger partial charge on any atom is 0.147 e. The van der Waals surface area contributed by atoms with Gasteiger partial charge >= 0.3 is 0 Å². The average Bonchev–Trinajstić information content (AvgIpc) is 3.11. The number of pyridine rings is 1. The highest BCUT2D eigenvalue weighted by atomic mass is 32.1. The molecule has 7 heteroatoms. The van der Waals surface area contributed by atoms with Gasteiger partial charge in [-0.25, -0.2) is 15.0 Å². The van der Waals surface area contributed by atoms with Crippen molar-refractivity contribution in [1.29, 1.82) is 0 Å². The van der Waals surface area contributed by atoms with Crippen LogP contribution in [0.2, 0.25) is 0 Å². The quantitative estimate of drug-likeness (QED) is 0.698. The van der Waals surface area contributed by atoms with Gasteiger partial charge in [0.15, 0.2) is 0 Å². The van der Waals surface area contributed by atoms with E-state index >= 15 is 0 Å². The third-order valence-electron chi connectivity index (χ3n) is 5.42. The molecule has 1 aliphatic carbocycles. The molecule has 0 radical (unpaired) electrons. The fraction of sp³-hybridized carbons (Fsp3) is 0.450. The highest BCUT2D eigenvalue weighted by Gasteiger charge is 2.26. The van der Waals surface area contributed by atoms with Crippen LogP contribution in [0.3, 0.4) is 0 Å². The highest BCUT2D eigenvalue weighted by molar-refractivity contribution is 7.26. The van der Waals surface area contributed by atoms with E-state index in [2.05, 4.69) is 26.8 Å². The molecule has 27 heavy (non-hydrogen) atoms. The number of nitrogens with one attached hydrogen (secondary N) is 1. The van der Waals surface area contributed by atoms with Gasteiger partial charge in [-0.3, -0.25) is 0 Å². The molecule has 1 N–H and O–H groups in total. The molecule has 0 aromatic carbocycles. The number of morpholine rings is 1. The Hall–Kier alpha value is -2.25. The molecule has 4 heterocycles. The summed E-state index contributed by atoms with van der Waals surface area (Å²) in [5, 5.41) is 4.58. The maximum absolute atomic E-state index is 5.55. The van der Waals surface area contributed by atoms with E-state index < -0.39 is 0 Å². The van der Waals surface area contributed by atoms with Crippen LogP contribution in [-0.2, 0) is 17.6 Å². The zero-order valence-electron chi connectivity index (χ0n) is 15.3. The standard InChI is InChI=1S/C20H23N5OS/c1-2-7-21-18-17-16(22-12-23-18)15-13-5-3-4-6-14(13)19(24-20(15)27-17)25-8-10-26-11-9-25/h2,12H,1,3-11H2,(H,21,22,23). The molecule has 0 saturated carbocycles. The summed E-state index contributed by atoms with van der Waals surface area (Å²) in [5.74, 6) is 2.04. The number of aryl methyl sites for hydroxylation is 1. The predicted molar refractivity (Wildman–Crippen MR) is 111 cm³/mol. The summed E-state index contributed by atoms with van der Waals surface area (Å²) in [5.41, 5.74) is 3.91. The van der Waals surface area contributed by atoms with Gasteiger partial charge in [0.05, 0.1) is 23.4 Å². The van der Waals surface area contributed by atoms with Gasteiger partial charge in [-0.05, 0) is 36.8 Å². The molecule has 1 aliphatic heterocycles. The number of hydrogen-bond donors (Lipinski definition) is 1. The van der Waals surface area contributed by atoms with Crippen molar-refractivity contribution in [2.45, 2.75) is 25.7 Å². The van der Waals surface area contributed by atoms with Crippen molar-refractivity contribution >= 4 is 43.4 Å². The van der Waals surface area contributed by atoms with Gasteiger partial charge in [0.1, 0.15) is 22.8 Å². The van der Waals surface area contributed by atoms with E-state index in [0.29, 0.717) is 6.54 Å². The lowest BCUT2D eigenvalue weighted by molar-refractivity contribution is 0.122. The lowest BCUT2D eigenvalue weighted by atomic mass is 9.90. The number of rotatable bonds is 4. The van der Waals surface area contributed by atoms with Gasteiger partial charge in [-0.2, -0.15) is 0 Å². The van der Waals surface area contributed by atoms with E-state index in [1.54, 1.807) is 17.7 Å². The van der Waals surface area contributed by atoms with Crippen LogP contribution in [-0.4, -0.2) is 47.8 Å². The van der Waals surface area contributed by atoms with Crippen LogP contribution in [0.1, 0.15) is 24.0 Å². The second-order valence-corrected chi connectivity index (χ2v) is 8.05. The summed E-state index contributed by atoms with van der Waals surface area (Å²) in [4.78, 5) is 17.7. The predicted octanol–water partition coefficient (Wildman–Crippen LogP) is 3.55. The zero-order valence-corrected chi connectivity index (χ0v) is 16.1. The molecular weight excluding hydrogens is 358 g/mol. The molecule has 0 bridgehead atoms. The van der Waals surface area contributed by atoms with E-state index in [4.69, 9.17) is 9.72 Å². The molecular formula is C20H23N5OS. The fourth-order valence-corrected chi connectivity index (χ4v) is 5.29. The molecule has 0 atom stereocenters. The van der Waals surface area contributed by atoms with Crippen LogP contribution in [0.15, 0.2) is 19.0 Å². The summed E-state index contributed by atoms with van der Waals surface area (Å²) in [6, 6.07) is 0. The van der Waals surface area contributed by atoms with E-state index in [0.717, 1.165) is 60.0 Å². The van der Waals surface area contributed by atoms with Crippen LogP contribution in [0.25, 0.3) is 20.4 Å². The first-order valence-corrected chi connectivity index (χ1v) is 10.4. The molecule has 1 fully saturated rings. The number of aromatic nitrogens is 3. The van der Waals surface area contributed by atoms with E-state index in [-0.39, 0.29) is 0 Å². The topological polar surface area (TPSA) is 63.2 Å². The Morgan fingerprint density at radius 1 is 1.19 bits per heavy atom. The van der Waals surface area contributed by atoms with Crippen molar-refractivity contribution in [1.82, 2.24) is 15.0 Å².